The molecule has 0 aromatic heterocycles. The molecule has 4 unspecified atom stereocenters. The van der Waals surface area contributed by atoms with Gasteiger partial charge in [-0.2, -0.15) is 0 Å². The van der Waals surface area contributed by atoms with E-state index in [1.54, 1.807) is 0 Å². The number of rotatable bonds is 5. The molecule has 19 heavy (non-hydrogen) atoms. The second-order valence-corrected chi connectivity index (χ2v) is 6.36. The van der Waals surface area contributed by atoms with Gasteiger partial charge in [-0.3, -0.25) is 0 Å². The molecule has 1 N–H and O–H groups in total. The molecule has 0 radical (unpaired) electrons. The third-order valence-corrected chi connectivity index (χ3v) is 5.09. The highest BCUT2D eigenvalue weighted by atomic mass is 14.9. The van der Waals surface area contributed by atoms with E-state index in [1.807, 2.05) is 0 Å². The maximum absolute atomic E-state index is 3.75. The smallest absolute Gasteiger partial charge is 0.00729 e. The summed E-state index contributed by atoms with van der Waals surface area (Å²) in [5.41, 5.74) is 2.90. The van der Waals surface area contributed by atoms with E-state index in [-0.39, 0.29) is 0 Å². The predicted octanol–water partition coefficient (Wildman–Crippen LogP) is 3.73. The Morgan fingerprint density at radius 3 is 2.74 bits per heavy atom. The van der Waals surface area contributed by atoms with Crippen molar-refractivity contribution in [3.05, 3.63) is 47.5 Å². The van der Waals surface area contributed by atoms with Crippen LogP contribution in [0.15, 0.2) is 36.4 Å². The van der Waals surface area contributed by atoms with Crippen molar-refractivity contribution in [2.45, 2.75) is 39.2 Å². The maximum atomic E-state index is 3.75. The first kappa shape index (κ1) is 12.9. The van der Waals surface area contributed by atoms with Crippen LogP contribution in [0.4, 0.5) is 0 Å². The Labute approximate surface area is 117 Å². The molecule has 1 fully saturated rings. The molecule has 0 amide bonds. The number of allylic oxidation sites excluding steroid dienone is 2. The number of fused-ring (bicyclic) bond motifs is 2. The zero-order valence-corrected chi connectivity index (χ0v) is 12.1. The molecule has 2 aliphatic carbocycles. The van der Waals surface area contributed by atoms with E-state index >= 15 is 0 Å². The van der Waals surface area contributed by atoms with E-state index in [1.165, 1.54) is 24.0 Å². The van der Waals surface area contributed by atoms with Crippen LogP contribution in [-0.4, -0.2) is 12.6 Å². The molecule has 1 heteroatoms. The Bertz CT molecular complexity index is 463. The minimum atomic E-state index is 0.656. The van der Waals surface area contributed by atoms with Crippen LogP contribution in [0.3, 0.4) is 0 Å². The highest BCUT2D eigenvalue weighted by molar-refractivity contribution is 5.25. The van der Waals surface area contributed by atoms with Crippen LogP contribution in [-0.2, 0) is 6.42 Å². The van der Waals surface area contributed by atoms with Gasteiger partial charge in [0.2, 0.25) is 0 Å². The van der Waals surface area contributed by atoms with Crippen LogP contribution in [0.5, 0.6) is 0 Å². The fourth-order valence-electron chi connectivity index (χ4n) is 3.87. The van der Waals surface area contributed by atoms with Gasteiger partial charge in [0.05, 0.1) is 0 Å². The molecule has 4 atom stereocenters. The van der Waals surface area contributed by atoms with Gasteiger partial charge in [-0.15, -0.1) is 0 Å². The standard InChI is InChI=1S/C18H25N/c1-13-5-3-4-6-16(13)9-10-19-14(2)18-12-15-7-8-17(18)11-15/h3-8,14-15,17-19H,9-12H2,1-2H3. The Morgan fingerprint density at radius 1 is 1.21 bits per heavy atom. The summed E-state index contributed by atoms with van der Waals surface area (Å²) < 4.78 is 0. The molecular formula is C18H25N. The number of hydrogen-bond donors (Lipinski definition) is 1. The van der Waals surface area contributed by atoms with Crippen molar-refractivity contribution in [3.63, 3.8) is 0 Å². The molecule has 2 aliphatic rings. The number of nitrogens with one attached hydrogen (secondary N) is 1. The minimum absolute atomic E-state index is 0.656. The average molecular weight is 255 g/mol. The van der Waals surface area contributed by atoms with Crippen molar-refractivity contribution in [1.29, 1.82) is 0 Å². The number of benzene rings is 1. The summed E-state index contributed by atoms with van der Waals surface area (Å²) in [6.07, 6.45) is 8.85. The zero-order valence-electron chi connectivity index (χ0n) is 12.1. The lowest BCUT2D eigenvalue weighted by atomic mass is 9.87. The van der Waals surface area contributed by atoms with Gasteiger partial charge in [0, 0.05) is 6.04 Å². The molecule has 102 valence electrons. The Balaban J connectivity index is 1.48. The molecule has 3 rings (SSSR count). The molecule has 0 aliphatic heterocycles. The van der Waals surface area contributed by atoms with Gasteiger partial charge in [0.15, 0.2) is 0 Å². The first-order valence-electron chi connectivity index (χ1n) is 7.70. The van der Waals surface area contributed by atoms with E-state index in [0.29, 0.717) is 6.04 Å². The molecule has 1 nitrogen and oxygen atoms in total. The molecule has 0 heterocycles. The van der Waals surface area contributed by atoms with Crippen molar-refractivity contribution < 1.29 is 0 Å². The van der Waals surface area contributed by atoms with Crippen molar-refractivity contribution in [1.82, 2.24) is 5.32 Å². The molecule has 0 spiro atoms. The van der Waals surface area contributed by atoms with E-state index in [2.05, 4.69) is 55.6 Å². The average Bonchev–Trinajstić information content (AvgIpc) is 3.03. The normalized spacial score (nSPS) is 29.9. The fourth-order valence-corrected chi connectivity index (χ4v) is 3.87. The third kappa shape index (κ3) is 2.76. The summed E-state index contributed by atoms with van der Waals surface area (Å²) in [6, 6.07) is 9.38. The summed E-state index contributed by atoms with van der Waals surface area (Å²) in [5, 5.41) is 3.75. The lowest BCUT2D eigenvalue weighted by Gasteiger charge is -2.26. The van der Waals surface area contributed by atoms with Crippen molar-refractivity contribution in [2.24, 2.45) is 17.8 Å². The number of hydrogen-bond acceptors (Lipinski definition) is 1. The lowest BCUT2D eigenvalue weighted by Crippen LogP contribution is -2.36. The van der Waals surface area contributed by atoms with E-state index < -0.39 is 0 Å². The Kier molecular flexibility index (Phi) is 3.74. The van der Waals surface area contributed by atoms with Crippen LogP contribution < -0.4 is 5.32 Å². The summed E-state index contributed by atoms with van der Waals surface area (Å²) >= 11 is 0. The highest BCUT2D eigenvalue weighted by Gasteiger charge is 2.38. The van der Waals surface area contributed by atoms with Crippen LogP contribution in [0.2, 0.25) is 0 Å². The van der Waals surface area contributed by atoms with Gasteiger partial charge in [0.1, 0.15) is 0 Å². The molecular weight excluding hydrogens is 230 g/mol. The lowest BCUT2D eigenvalue weighted by molar-refractivity contribution is 0.329. The second kappa shape index (κ2) is 5.50. The van der Waals surface area contributed by atoms with E-state index in [4.69, 9.17) is 0 Å². The molecule has 2 bridgehead atoms. The zero-order chi connectivity index (χ0) is 13.2. The fraction of sp³-hybridized carbons (Fsp3) is 0.556. The summed E-state index contributed by atoms with van der Waals surface area (Å²) in [6.45, 7) is 5.68. The molecule has 1 aromatic carbocycles. The van der Waals surface area contributed by atoms with Crippen molar-refractivity contribution in [3.8, 4) is 0 Å². The number of aryl methyl sites for hydroxylation is 1. The summed E-state index contributed by atoms with van der Waals surface area (Å²) in [7, 11) is 0. The van der Waals surface area contributed by atoms with Crippen molar-refractivity contribution >= 4 is 0 Å². The minimum Gasteiger partial charge on any atom is -0.314 e. The quantitative estimate of drug-likeness (QED) is 0.791. The van der Waals surface area contributed by atoms with Crippen molar-refractivity contribution in [2.75, 3.05) is 6.54 Å². The van der Waals surface area contributed by atoms with Crippen LogP contribution in [0.25, 0.3) is 0 Å². The first-order chi connectivity index (χ1) is 9.24. The van der Waals surface area contributed by atoms with E-state index in [0.717, 1.165) is 30.7 Å². The van der Waals surface area contributed by atoms with Gasteiger partial charge < -0.3 is 5.32 Å². The molecule has 0 saturated heterocycles. The largest absolute Gasteiger partial charge is 0.314 e. The van der Waals surface area contributed by atoms with Gasteiger partial charge in [0.25, 0.3) is 0 Å². The van der Waals surface area contributed by atoms with Gasteiger partial charge >= 0.3 is 0 Å². The topological polar surface area (TPSA) is 12.0 Å². The highest BCUT2D eigenvalue weighted by Crippen LogP contribution is 2.44. The Hall–Kier alpha value is -1.08. The van der Waals surface area contributed by atoms with Crippen LogP contribution in [0, 0.1) is 24.7 Å². The van der Waals surface area contributed by atoms with E-state index in [9.17, 15) is 0 Å². The molecule has 1 aromatic rings. The maximum Gasteiger partial charge on any atom is 0.00729 e. The third-order valence-electron chi connectivity index (χ3n) is 5.09. The second-order valence-electron chi connectivity index (χ2n) is 6.36. The van der Waals surface area contributed by atoms with Crippen LogP contribution in [0.1, 0.15) is 30.9 Å². The predicted molar refractivity (Wildman–Crippen MR) is 81.2 cm³/mol. The monoisotopic (exact) mass is 255 g/mol. The SMILES string of the molecule is Cc1ccccc1CCNC(C)C1CC2C=CC1C2. The van der Waals surface area contributed by atoms with Crippen LogP contribution >= 0.6 is 0 Å². The Morgan fingerprint density at radius 2 is 2.05 bits per heavy atom. The van der Waals surface area contributed by atoms with Gasteiger partial charge in [-0.05, 0) is 68.5 Å². The molecule has 1 saturated carbocycles. The van der Waals surface area contributed by atoms with Gasteiger partial charge in [-0.1, -0.05) is 36.4 Å². The summed E-state index contributed by atoms with van der Waals surface area (Å²) in [4.78, 5) is 0. The first-order valence-corrected chi connectivity index (χ1v) is 7.70. The summed E-state index contributed by atoms with van der Waals surface area (Å²) in [5.74, 6) is 2.61. The van der Waals surface area contributed by atoms with Gasteiger partial charge in [-0.25, -0.2) is 0 Å².